The minimum Gasteiger partial charge on any atom is -0.448 e. The average Bonchev–Trinajstić information content (AvgIpc) is 2.24. The van der Waals surface area contributed by atoms with Crippen molar-refractivity contribution < 1.29 is 14.3 Å². The maximum absolute atomic E-state index is 11.5. The van der Waals surface area contributed by atoms with Gasteiger partial charge < -0.3 is 15.2 Å². The summed E-state index contributed by atoms with van der Waals surface area (Å²) >= 11 is 0. The molecular weight excluding hydrogens is 184 g/mol. The molecule has 5 nitrogen and oxygen atoms in total. The zero-order chi connectivity index (χ0) is 11.0. The minimum atomic E-state index is -0.983. The topological polar surface area (TPSA) is 73.9 Å². The third-order valence-corrected chi connectivity index (χ3v) is 2.31. The molecule has 0 bridgehead atoms. The van der Waals surface area contributed by atoms with E-state index in [2.05, 4.69) is 4.99 Å². The van der Waals surface area contributed by atoms with Crippen LogP contribution in [0.3, 0.4) is 0 Å². The summed E-state index contributed by atoms with van der Waals surface area (Å²) in [6.07, 6.45) is 0.416. The van der Waals surface area contributed by atoms with E-state index in [0.29, 0.717) is 6.42 Å². The van der Waals surface area contributed by atoms with Gasteiger partial charge in [0.05, 0.1) is 5.60 Å². The molecule has 5 heteroatoms. The Morgan fingerprint density at radius 1 is 1.64 bits per heavy atom. The molecule has 1 amide bonds. The third-order valence-electron chi connectivity index (χ3n) is 2.31. The van der Waals surface area contributed by atoms with Gasteiger partial charge in [-0.15, -0.1) is 0 Å². The summed E-state index contributed by atoms with van der Waals surface area (Å²) in [4.78, 5) is 15.0. The van der Waals surface area contributed by atoms with E-state index < -0.39 is 11.2 Å². The van der Waals surface area contributed by atoms with Crippen LogP contribution in [0.1, 0.15) is 27.2 Å². The highest BCUT2D eigenvalue weighted by molar-refractivity contribution is 6.00. The Morgan fingerprint density at radius 2 is 2.21 bits per heavy atom. The van der Waals surface area contributed by atoms with E-state index in [9.17, 15) is 4.79 Å². The fourth-order valence-corrected chi connectivity index (χ4v) is 1.51. The lowest BCUT2D eigenvalue weighted by Crippen LogP contribution is -2.42. The van der Waals surface area contributed by atoms with Gasteiger partial charge in [-0.2, -0.15) is 4.99 Å². The van der Waals surface area contributed by atoms with Crippen LogP contribution in [0.15, 0.2) is 4.99 Å². The van der Waals surface area contributed by atoms with Gasteiger partial charge in [-0.3, -0.25) is 4.79 Å². The van der Waals surface area contributed by atoms with Gasteiger partial charge in [0.15, 0.2) is 5.60 Å². The van der Waals surface area contributed by atoms with Gasteiger partial charge in [0.25, 0.3) is 11.9 Å². The Labute approximate surface area is 83.3 Å². The van der Waals surface area contributed by atoms with Crippen LogP contribution >= 0.6 is 0 Å². The van der Waals surface area contributed by atoms with E-state index in [1.165, 1.54) is 0 Å². The van der Waals surface area contributed by atoms with Gasteiger partial charge in [-0.1, -0.05) is 0 Å². The zero-order valence-electron chi connectivity index (χ0n) is 8.96. The molecule has 0 radical (unpaired) electrons. The lowest BCUT2D eigenvalue weighted by Gasteiger charge is -2.31. The number of rotatable bonds is 3. The molecule has 0 saturated carbocycles. The molecule has 80 valence electrons. The van der Waals surface area contributed by atoms with Gasteiger partial charge >= 0.3 is 0 Å². The predicted molar refractivity (Wildman–Crippen MR) is 51.8 cm³/mol. The Hall–Kier alpha value is -1.10. The van der Waals surface area contributed by atoms with Crippen LogP contribution in [0.5, 0.6) is 0 Å². The third kappa shape index (κ3) is 2.04. The Balaban J connectivity index is 2.75. The first-order chi connectivity index (χ1) is 6.29. The molecule has 0 fully saturated rings. The Bertz CT molecular complexity index is 286. The number of hydrogen-bond acceptors (Lipinski definition) is 4. The van der Waals surface area contributed by atoms with Crippen molar-refractivity contribution in [1.82, 2.24) is 0 Å². The molecule has 0 spiro atoms. The van der Waals surface area contributed by atoms with Crippen LogP contribution < -0.4 is 5.73 Å². The molecule has 0 aromatic heterocycles. The maximum atomic E-state index is 11.5. The molecule has 0 aliphatic carbocycles. The molecule has 14 heavy (non-hydrogen) atoms. The summed E-state index contributed by atoms with van der Waals surface area (Å²) in [5.41, 5.74) is 3.90. The van der Waals surface area contributed by atoms with Crippen molar-refractivity contribution in [2.45, 2.75) is 38.4 Å². The van der Waals surface area contributed by atoms with E-state index >= 15 is 0 Å². The summed E-state index contributed by atoms with van der Waals surface area (Å²) < 4.78 is 10.4. The van der Waals surface area contributed by atoms with Crippen molar-refractivity contribution >= 4 is 11.9 Å². The van der Waals surface area contributed by atoms with Crippen LogP contribution in [0.4, 0.5) is 0 Å². The van der Waals surface area contributed by atoms with Crippen LogP contribution in [0.25, 0.3) is 0 Å². The van der Waals surface area contributed by atoms with Crippen LogP contribution in [-0.4, -0.2) is 30.2 Å². The van der Waals surface area contributed by atoms with Crippen molar-refractivity contribution in [1.29, 1.82) is 0 Å². The molecule has 1 heterocycles. The van der Waals surface area contributed by atoms with Gasteiger partial charge in [-0.25, -0.2) is 0 Å². The molecule has 1 aliphatic heterocycles. The van der Waals surface area contributed by atoms with Crippen LogP contribution in [-0.2, 0) is 14.3 Å². The molecule has 1 unspecified atom stereocenters. The number of ether oxygens (including phenoxy) is 2. The number of nitrogens with two attached hydrogens (primary N) is 1. The summed E-state index contributed by atoms with van der Waals surface area (Å²) in [6, 6.07) is -0.0654. The van der Waals surface area contributed by atoms with E-state index in [0.717, 1.165) is 0 Å². The molecule has 0 aromatic carbocycles. The molecule has 0 saturated heterocycles. The lowest BCUT2D eigenvalue weighted by molar-refractivity contribution is -0.135. The SMILES string of the molecule is COC(C)(C)CC1(C)OC(N)=NC1=O. The van der Waals surface area contributed by atoms with Crippen LogP contribution in [0.2, 0.25) is 0 Å². The van der Waals surface area contributed by atoms with Gasteiger partial charge in [0, 0.05) is 13.5 Å². The highest BCUT2D eigenvalue weighted by Gasteiger charge is 2.45. The molecule has 1 atom stereocenters. The zero-order valence-corrected chi connectivity index (χ0v) is 8.96. The maximum Gasteiger partial charge on any atom is 0.294 e. The normalized spacial score (nSPS) is 27.4. The Kier molecular flexibility index (Phi) is 2.54. The molecule has 1 rings (SSSR count). The van der Waals surface area contributed by atoms with Crippen molar-refractivity contribution in [3.05, 3.63) is 0 Å². The van der Waals surface area contributed by atoms with Crippen molar-refractivity contribution in [3.8, 4) is 0 Å². The van der Waals surface area contributed by atoms with Crippen molar-refractivity contribution in [2.24, 2.45) is 10.7 Å². The number of carbonyl (C=O) groups is 1. The monoisotopic (exact) mass is 200 g/mol. The first kappa shape index (κ1) is 11.0. The second-order valence-electron chi connectivity index (χ2n) is 4.23. The quantitative estimate of drug-likeness (QED) is 0.717. The molecule has 0 aromatic rings. The Morgan fingerprint density at radius 3 is 2.57 bits per heavy atom. The predicted octanol–water partition coefficient (Wildman–Crippen LogP) is 0.432. The number of amidine groups is 1. The second-order valence-corrected chi connectivity index (χ2v) is 4.23. The number of methoxy groups -OCH3 is 1. The largest absolute Gasteiger partial charge is 0.448 e. The van der Waals surface area contributed by atoms with Crippen molar-refractivity contribution in [2.75, 3.05) is 7.11 Å². The van der Waals surface area contributed by atoms with E-state index in [1.807, 2.05) is 13.8 Å². The van der Waals surface area contributed by atoms with Gasteiger partial charge in [-0.05, 0) is 20.8 Å². The number of hydrogen-bond donors (Lipinski definition) is 1. The number of nitrogens with zero attached hydrogens (tertiary/aromatic N) is 1. The number of carbonyl (C=O) groups excluding carboxylic acids is 1. The first-order valence-corrected chi connectivity index (χ1v) is 4.42. The van der Waals surface area contributed by atoms with Gasteiger partial charge in [0.2, 0.25) is 0 Å². The van der Waals surface area contributed by atoms with Crippen LogP contribution in [0, 0.1) is 0 Å². The summed E-state index contributed by atoms with van der Waals surface area (Å²) in [5.74, 6) is -0.347. The first-order valence-electron chi connectivity index (χ1n) is 4.42. The number of amides is 1. The molecule has 2 N–H and O–H groups in total. The van der Waals surface area contributed by atoms with E-state index in [4.69, 9.17) is 15.2 Å². The minimum absolute atomic E-state index is 0.0654. The highest BCUT2D eigenvalue weighted by atomic mass is 16.5. The van der Waals surface area contributed by atoms with E-state index in [1.54, 1.807) is 14.0 Å². The highest BCUT2D eigenvalue weighted by Crippen LogP contribution is 2.30. The van der Waals surface area contributed by atoms with E-state index in [-0.39, 0.29) is 11.9 Å². The standard InChI is InChI=1S/C9H16N2O3/c1-8(2,13-4)5-9(3)6(12)11-7(10)14-9/h5H2,1-4H3,(H2,10,11,12). The second kappa shape index (κ2) is 3.24. The van der Waals surface area contributed by atoms with Gasteiger partial charge in [0.1, 0.15) is 0 Å². The smallest absolute Gasteiger partial charge is 0.294 e. The summed E-state index contributed by atoms with van der Waals surface area (Å²) in [7, 11) is 1.59. The fourth-order valence-electron chi connectivity index (χ4n) is 1.51. The lowest BCUT2D eigenvalue weighted by atomic mass is 9.90. The average molecular weight is 200 g/mol. The summed E-state index contributed by atoms with van der Waals surface area (Å²) in [5, 5.41) is 0. The molecule has 1 aliphatic rings. The summed E-state index contributed by atoms with van der Waals surface area (Å²) in [6.45, 7) is 5.42. The van der Waals surface area contributed by atoms with Crippen molar-refractivity contribution in [3.63, 3.8) is 0 Å². The molecular formula is C9H16N2O3. The fraction of sp³-hybridized carbons (Fsp3) is 0.778. The number of aliphatic imine (C=N–C) groups is 1.